The van der Waals surface area contributed by atoms with Crippen LogP contribution in [-0.2, 0) is 18.7 Å². The molecule has 3 aromatic carbocycles. The number of nitrogens with zero attached hydrogens (tertiary/aromatic N) is 3. The Morgan fingerprint density at radius 2 is 1.81 bits per heavy atom. The maximum atomic E-state index is 14.1. The molecule has 0 bridgehead atoms. The fourth-order valence-electron chi connectivity index (χ4n) is 3.92. The summed E-state index contributed by atoms with van der Waals surface area (Å²) in [6.45, 7) is 4.52. The lowest BCUT2D eigenvalue weighted by atomic mass is 10.1. The van der Waals surface area contributed by atoms with Gasteiger partial charge in [-0.05, 0) is 54.2 Å². The highest BCUT2D eigenvalue weighted by atomic mass is 32.2. The van der Waals surface area contributed by atoms with Crippen molar-refractivity contribution in [3.63, 3.8) is 0 Å². The summed E-state index contributed by atoms with van der Waals surface area (Å²) in [7, 11) is 0. The zero-order valence-corrected chi connectivity index (χ0v) is 21.0. The lowest BCUT2D eigenvalue weighted by Crippen LogP contribution is -2.28. The molecule has 0 aliphatic heterocycles. The molecule has 4 rings (SSSR count). The Bertz CT molecular complexity index is 1260. The van der Waals surface area contributed by atoms with Crippen molar-refractivity contribution < 1.29 is 9.50 Å². The molecule has 0 fully saturated rings. The highest BCUT2D eigenvalue weighted by molar-refractivity contribution is 7.98. The van der Waals surface area contributed by atoms with Gasteiger partial charge in [-0.25, -0.2) is 4.39 Å². The van der Waals surface area contributed by atoms with Gasteiger partial charge in [0, 0.05) is 24.4 Å². The molecule has 186 valence electrons. The van der Waals surface area contributed by atoms with Crippen molar-refractivity contribution in [2.45, 2.75) is 49.4 Å². The van der Waals surface area contributed by atoms with Gasteiger partial charge in [0.25, 0.3) is 0 Å². The summed E-state index contributed by atoms with van der Waals surface area (Å²) >= 11 is 1.47. The minimum Gasteiger partial charge on any atom is -0.379 e. The van der Waals surface area contributed by atoms with Gasteiger partial charge in [0.1, 0.15) is 17.9 Å². The third-order valence-electron chi connectivity index (χ3n) is 5.89. The first kappa shape index (κ1) is 25.8. The summed E-state index contributed by atoms with van der Waals surface area (Å²) in [5, 5.41) is 23.1. The number of nitrogens with one attached hydrogen (secondary N) is 1. The Morgan fingerprint density at radius 1 is 1.00 bits per heavy atom. The molecule has 0 amide bonds. The number of benzene rings is 3. The Kier molecular flexibility index (Phi) is 9.44. The smallest absolute Gasteiger partial charge is 0.196 e. The van der Waals surface area contributed by atoms with Crippen molar-refractivity contribution in [2.24, 2.45) is 0 Å². The van der Waals surface area contributed by atoms with Gasteiger partial charge < -0.3 is 5.11 Å². The summed E-state index contributed by atoms with van der Waals surface area (Å²) < 4.78 is 16.2. The van der Waals surface area contributed by atoms with Gasteiger partial charge in [-0.15, -0.1) is 10.2 Å². The van der Waals surface area contributed by atoms with Crippen molar-refractivity contribution >= 4 is 17.8 Å². The number of rotatable bonds is 13. The SMILES string of the molecule is C=Cc1cccc(-n2c(CCCCC(O)NCc3ccccc3)nnc2SCc2ccccc2F)c1. The van der Waals surface area contributed by atoms with Gasteiger partial charge in [-0.3, -0.25) is 9.88 Å². The fraction of sp³-hybridized carbons (Fsp3) is 0.241. The summed E-state index contributed by atoms with van der Waals surface area (Å²) in [6.07, 6.45) is 4.34. The van der Waals surface area contributed by atoms with Crippen LogP contribution in [0.4, 0.5) is 4.39 Å². The standard InChI is InChI=1S/C29H31FN4OS/c1-2-22-13-10-15-25(19-22)34-27(32-33-29(34)36-21-24-14-6-7-16-26(24)30)17-8-9-18-28(35)31-20-23-11-4-3-5-12-23/h2-7,10-16,19,28,31,35H,1,8-9,17-18,20-21H2. The number of aryl methyl sites for hydroxylation is 1. The maximum Gasteiger partial charge on any atom is 0.196 e. The molecule has 1 heterocycles. The number of aromatic nitrogens is 3. The second-order valence-electron chi connectivity index (χ2n) is 8.54. The minimum absolute atomic E-state index is 0.218. The highest BCUT2D eigenvalue weighted by Gasteiger charge is 2.16. The third-order valence-corrected chi connectivity index (χ3v) is 6.87. The van der Waals surface area contributed by atoms with Crippen molar-refractivity contribution in [2.75, 3.05) is 0 Å². The highest BCUT2D eigenvalue weighted by Crippen LogP contribution is 2.27. The number of aliphatic hydroxyl groups excluding tert-OH is 1. The van der Waals surface area contributed by atoms with E-state index in [0.717, 1.165) is 47.1 Å². The van der Waals surface area contributed by atoms with Crippen LogP contribution in [0.3, 0.4) is 0 Å². The van der Waals surface area contributed by atoms with Crippen LogP contribution in [0.5, 0.6) is 0 Å². The first-order chi connectivity index (χ1) is 17.6. The van der Waals surface area contributed by atoms with Gasteiger partial charge in [0.05, 0.1) is 0 Å². The van der Waals surface area contributed by atoms with Gasteiger partial charge in [0.2, 0.25) is 0 Å². The van der Waals surface area contributed by atoms with Crippen LogP contribution < -0.4 is 5.32 Å². The van der Waals surface area contributed by atoms with Crippen molar-refractivity contribution in [1.82, 2.24) is 20.1 Å². The normalized spacial score (nSPS) is 11.9. The molecule has 36 heavy (non-hydrogen) atoms. The molecule has 0 radical (unpaired) electrons. The molecule has 2 N–H and O–H groups in total. The van der Waals surface area contributed by atoms with Gasteiger partial charge in [0.15, 0.2) is 5.16 Å². The monoisotopic (exact) mass is 502 g/mol. The Hall–Kier alpha value is -3.26. The molecular weight excluding hydrogens is 471 g/mol. The van der Waals surface area contributed by atoms with Crippen molar-refractivity contribution in [3.8, 4) is 5.69 Å². The Morgan fingerprint density at radius 3 is 2.61 bits per heavy atom. The van der Waals surface area contributed by atoms with Crippen LogP contribution in [-0.4, -0.2) is 26.1 Å². The number of hydrogen-bond acceptors (Lipinski definition) is 5. The van der Waals surface area contributed by atoms with Crippen LogP contribution >= 0.6 is 11.8 Å². The van der Waals surface area contributed by atoms with E-state index >= 15 is 0 Å². The maximum absolute atomic E-state index is 14.1. The first-order valence-electron chi connectivity index (χ1n) is 12.1. The van der Waals surface area contributed by atoms with E-state index in [0.29, 0.717) is 24.3 Å². The fourth-order valence-corrected chi connectivity index (χ4v) is 4.88. The second kappa shape index (κ2) is 13.2. The van der Waals surface area contributed by atoms with Crippen LogP contribution in [0.1, 0.15) is 41.8 Å². The van der Waals surface area contributed by atoms with E-state index in [2.05, 4.69) is 22.1 Å². The molecular formula is C29H31FN4OS. The first-order valence-corrected chi connectivity index (χ1v) is 13.1. The predicted molar refractivity (Wildman–Crippen MR) is 144 cm³/mol. The molecule has 0 aliphatic carbocycles. The summed E-state index contributed by atoms with van der Waals surface area (Å²) in [5.74, 6) is 1.09. The number of thioether (sulfide) groups is 1. The van der Waals surface area contributed by atoms with E-state index in [-0.39, 0.29) is 5.82 Å². The molecule has 7 heteroatoms. The second-order valence-corrected chi connectivity index (χ2v) is 9.48. The zero-order valence-electron chi connectivity index (χ0n) is 20.2. The van der Waals surface area contributed by atoms with Crippen LogP contribution in [0.15, 0.2) is 90.6 Å². The molecule has 0 saturated carbocycles. The molecule has 1 atom stereocenters. The van der Waals surface area contributed by atoms with Gasteiger partial charge in [-0.1, -0.05) is 85.1 Å². The average molecular weight is 503 g/mol. The molecule has 1 unspecified atom stereocenters. The van der Waals surface area contributed by atoms with E-state index in [1.165, 1.54) is 17.8 Å². The predicted octanol–water partition coefficient (Wildman–Crippen LogP) is 6.16. The molecule has 1 aromatic heterocycles. The van der Waals surface area contributed by atoms with Crippen LogP contribution in [0, 0.1) is 5.82 Å². The summed E-state index contributed by atoms with van der Waals surface area (Å²) in [4.78, 5) is 0. The molecule has 0 saturated heterocycles. The topological polar surface area (TPSA) is 63.0 Å². The van der Waals surface area contributed by atoms with E-state index in [4.69, 9.17) is 0 Å². The quantitative estimate of drug-likeness (QED) is 0.130. The van der Waals surface area contributed by atoms with E-state index < -0.39 is 6.23 Å². The largest absolute Gasteiger partial charge is 0.379 e. The van der Waals surface area contributed by atoms with Crippen molar-refractivity contribution in [1.29, 1.82) is 0 Å². The minimum atomic E-state index is -0.556. The van der Waals surface area contributed by atoms with Gasteiger partial charge >= 0.3 is 0 Å². The average Bonchev–Trinajstić information content (AvgIpc) is 3.32. The van der Waals surface area contributed by atoms with Crippen LogP contribution in [0.2, 0.25) is 0 Å². The molecule has 0 aliphatic rings. The Labute approximate surface area is 216 Å². The molecule has 0 spiro atoms. The zero-order chi connectivity index (χ0) is 25.2. The molecule has 5 nitrogen and oxygen atoms in total. The number of unbranched alkanes of at least 4 members (excludes halogenated alkanes) is 1. The van der Waals surface area contributed by atoms with Gasteiger partial charge in [-0.2, -0.15) is 0 Å². The lowest BCUT2D eigenvalue weighted by Gasteiger charge is -2.13. The van der Waals surface area contributed by atoms with E-state index in [1.54, 1.807) is 12.1 Å². The lowest BCUT2D eigenvalue weighted by molar-refractivity contribution is 0.123. The number of hydrogen-bond donors (Lipinski definition) is 2. The summed E-state index contributed by atoms with van der Waals surface area (Å²) in [5.41, 5.74) is 3.74. The Balaban J connectivity index is 1.39. The van der Waals surface area contributed by atoms with E-state index in [1.807, 2.05) is 71.3 Å². The van der Waals surface area contributed by atoms with Crippen molar-refractivity contribution in [3.05, 3.63) is 114 Å². The number of halogens is 1. The van der Waals surface area contributed by atoms with E-state index in [9.17, 15) is 9.50 Å². The number of aliphatic hydroxyl groups is 1. The molecule has 4 aromatic rings. The van der Waals surface area contributed by atoms with Crippen LogP contribution in [0.25, 0.3) is 11.8 Å². The summed E-state index contributed by atoms with van der Waals surface area (Å²) in [6, 6.07) is 24.9. The third kappa shape index (κ3) is 7.13.